The fraction of sp³-hybridized carbons (Fsp3) is 0.500. The van der Waals surface area contributed by atoms with Crippen molar-refractivity contribution in [2.45, 2.75) is 58.9 Å². The summed E-state index contributed by atoms with van der Waals surface area (Å²) in [6.45, 7) is 6.34. The van der Waals surface area contributed by atoms with Gasteiger partial charge in [0.1, 0.15) is 17.1 Å². The summed E-state index contributed by atoms with van der Waals surface area (Å²) in [5.41, 5.74) is 4.65. The predicted molar refractivity (Wildman–Crippen MR) is 103 cm³/mol. The van der Waals surface area contributed by atoms with E-state index in [9.17, 15) is 4.79 Å². The summed E-state index contributed by atoms with van der Waals surface area (Å²) in [5, 5.41) is 11.6. The van der Waals surface area contributed by atoms with Crippen LogP contribution in [0, 0.1) is 20.8 Å². The molecule has 0 spiro atoms. The summed E-state index contributed by atoms with van der Waals surface area (Å²) in [5.74, 6) is 0.806. The molecule has 0 aromatic carbocycles. The number of carbonyl (C=O) groups is 1. The molecule has 0 bridgehead atoms. The van der Waals surface area contributed by atoms with Crippen LogP contribution in [0.15, 0.2) is 21.5 Å². The van der Waals surface area contributed by atoms with Crippen LogP contribution in [0.25, 0.3) is 11.3 Å². The zero-order chi connectivity index (χ0) is 20.4. The van der Waals surface area contributed by atoms with Crippen molar-refractivity contribution in [3.05, 3.63) is 40.9 Å². The van der Waals surface area contributed by atoms with Gasteiger partial charge in [0, 0.05) is 18.8 Å². The SMILES string of the molecule is Cc1nonc1CC(=O)N1CCC[C@@H]1CCc1cncc(-c2c(C)noc2C)n1. The first kappa shape index (κ1) is 19.2. The lowest BCUT2D eigenvalue weighted by molar-refractivity contribution is -0.131. The van der Waals surface area contributed by atoms with Gasteiger partial charge in [0.15, 0.2) is 0 Å². The molecule has 9 heteroatoms. The van der Waals surface area contributed by atoms with Gasteiger partial charge in [-0.2, -0.15) is 0 Å². The molecule has 1 fully saturated rings. The third kappa shape index (κ3) is 4.03. The average Bonchev–Trinajstić information content (AvgIpc) is 3.42. The Morgan fingerprint density at radius 2 is 2.03 bits per heavy atom. The number of hydrogen-bond acceptors (Lipinski definition) is 8. The van der Waals surface area contributed by atoms with Crippen molar-refractivity contribution in [3.63, 3.8) is 0 Å². The largest absolute Gasteiger partial charge is 0.361 e. The Hall–Kier alpha value is -3.10. The molecule has 0 N–H and O–H groups in total. The van der Waals surface area contributed by atoms with E-state index in [0.29, 0.717) is 11.4 Å². The number of hydrogen-bond donors (Lipinski definition) is 0. The molecule has 152 valence electrons. The summed E-state index contributed by atoms with van der Waals surface area (Å²) in [6, 6.07) is 0.201. The number of aryl methyl sites for hydroxylation is 4. The number of amides is 1. The Morgan fingerprint density at radius 1 is 1.17 bits per heavy atom. The number of rotatable bonds is 6. The Kier molecular flexibility index (Phi) is 5.37. The van der Waals surface area contributed by atoms with Gasteiger partial charge in [0.05, 0.1) is 35.3 Å². The van der Waals surface area contributed by atoms with Crippen LogP contribution >= 0.6 is 0 Å². The number of likely N-dealkylation sites (tertiary alicyclic amines) is 1. The maximum absolute atomic E-state index is 12.7. The summed E-state index contributed by atoms with van der Waals surface area (Å²) in [7, 11) is 0. The van der Waals surface area contributed by atoms with Crippen molar-refractivity contribution in [2.24, 2.45) is 0 Å². The molecule has 4 rings (SSSR count). The van der Waals surface area contributed by atoms with Crippen molar-refractivity contribution < 1.29 is 13.9 Å². The van der Waals surface area contributed by atoms with E-state index in [1.54, 1.807) is 19.3 Å². The third-order valence-corrected chi connectivity index (χ3v) is 5.47. The van der Waals surface area contributed by atoms with E-state index >= 15 is 0 Å². The fourth-order valence-electron chi connectivity index (χ4n) is 3.93. The highest BCUT2D eigenvalue weighted by Gasteiger charge is 2.29. The first-order chi connectivity index (χ1) is 14.0. The zero-order valence-electron chi connectivity index (χ0n) is 16.9. The summed E-state index contributed by atoms with van der Waals surface area (Å²) in [6.07, 6.45) is 7.36. The van der Waals surface area contributed by atoms with Crippen LogP contribution in [-0.2, 0) is 17.6 Å². The maximum atomic E-state index is 12.7. The second-order valence-electron chi connectivity index (χ2n) is 7.49. The first-order valence-corrected chi connectivity index (χ1v) is 9.84. The first-order valence-electron chi connectivity index (χ1n) is 9.84. The van der Waals surface area contributed by atoms with Gasteiger partial charge in [0.2, 0.25) is 5.91 Å². The molecule has 3 aromatic rings. The van der Waals surface area contributed by atoms with Gasteiger partial charge < -0.3 is 9.42 Å². The van der Waals surface area contributed by atoms with E-state index in [0.717, 1.165) is 60.6 Å². The number of aromatic nitrogens is 5. The van der Waals surface area contributed by atoms with Gasteiger partial charge in [0.25, 0.3) is 0 Å². The Bertz CT molecular complexity index is 992. The zero-order valence-corrected chi connectivity index (χ0v) is 16.9. The molecule has 0 aliphatic carbocycles. The fourth-order valence-corrected chi connectivity index (χ4v) is 3.93. The molecule has 4 heterocycles. The standard InChI is InChI=1S/C20H24N6O3/c1-12-17(25-29-24-12)9-19(27)26-8-4-5-16(26)7-6-15-10-21-11-18(22-15)20-13(2)23-28-14(20)3/h10-11,16H,4-9H2,1-3H3/t16-/m1/s1. The summed E-state index contributed by atoms with van der Waals surface area (Å²) < 4.78 is 9.95. The molecule has 3 aromatic heterocycles. The molecular formula is C20H24N6O3. The molecule has 0 saturated carbocycles. The normalized spacial score (nSPS) is 16.5. The van der Waals surface area contributed by atoms with Crippen LogP contribution in [0.1, 0.15) is 47.8 Å². The topological polar surface area (TPSA) is 111 Å². The van der Waals surface area contributed by atoms with Gasteiger partial charge in [-0.25, -0.2) is 9.61 Å². The van der Waals surface area contributed by atoms with Gasteiger partial charge >= 0.3 is 0 Å². The van der Waals surface area contributed by atoms with E-state index in [4.69, 9.17) is 14.1 Å². The molecule has 0 unspecified atom stereocenters. The van der Waals surface area contributed by atoms with Crippen LogP contribution in [0.2, 0.25) is 0 Å². The molecule has 1 aliphatic rings. The van der Waals surface area contributed by atoms with Crippen LogP contribution in [0.4, 0.5) is 0 Å². The molecule has 1 atom stereocenters. The van der Waals surface area contributed by atoms with Crippen LogP contribution < -0.4 is 0 Å². The van der Waals surface area contributed by atoms with Gasteiger partial charge in [-0.1, -0.05) is 15.5 Å². The van der Waals surface area contributed by atoms with E-state index in [-0.39, 0.29) is 18.4 Å². The number of nitrogens with zero attached hydrogens (tertiary/aromatic N) is 6. The second-order valence-corrected chi connectivity index (χ2v) is 7.49. The molecule has 0 radical (unpaired) electrons. The van der Waals surface area contributed by atoms with E-state index < -0.39 is 0 Å². The van der Waals surface area contributed by atoms with Crippen molar-refractivity contribution in [2.75, 3.05) is 6.54 Å². The Labute approximate surface area is 168 Å². The highest BCUT2D eigenvalue weighted by atomic mass is 16.6. The van der Waals surface area contributed by atoms with E-state index in [1.807, 2.05) is 18.7 Å². The minimum absolute atomic E-state index is 0.0712. The minimum atomic E-state index is 0.0712. The molecular weight excluding hydrogens is 372 g/mol. The van der Waals surface area contributed by atoms with Crippen LogP contribution in [-0.4, -0.2) is 48.8 Å². The van der Waals surface area contributed by atoms with Crippen molar-refractivity contribution >= 4 is 5.91 Å². The monoisotopic (exact) mass is 396 g/mol. The number of carbonyl (C=O) groups excluding carboxylic acids is 1. The second kappa shape index (κ2) is 8.10. The Morgan fingerprint density at radius 3 is 2.76 bits per heavy atom. The van der Waals surface area contributed by atoms with Crippen LogP contribution in [0.3, 0.4) is 0 Å². The Balaban J connectivity index is 1.41. The highest BCUT2D eigenvalue weighted by molar-refractivity contribution is 5.79. The third-order valence-electron chi connectivity index (χ3n) is 5.47. The summed E-state index contributed by atoms with van der Waals surface area (Å²) in [4.78, 5) is 23.8. The molecule has 1 aliphatic heterocycles. The summed E-state index contributed by atoms with van der Waals surface area (Å²) >= 11 is 0. The van der Waals surface area contributed by atoms with E-state index in [1.165, 1.54) is 0 Å². The van der Waals surface area contributed by atoms with Crippen molar-refractivity contribution in [1.29, 1.82) is 0 Å². The van der Waals surface area contributed by atoms with Gasteiger partial charge in [-0.15, -0.1) is 0 Å². The lowest BCUT2D eigenvalue weighted by Crippen LogP contribution is -2.37. The van der Waals surface area contributed by atoms with Gasteiger partial charge in [-0.3, -0.25) is 9.78 Å². The molecule has 1 amide bonds. The molecule has 29 heavy (non-hydrogen) atoms. The smallest absolute Gasteiger partial charge is 0.229 e. The maximum Gasteiger partial charge on any atom is 0.229 e. The van der Waals surface area contributed by atoms with Crippen LogP contribution in [0.5, 0.6) is 0 Å². The van der Waals surface area contributed by atoms with Crippen molar-refractivity contribution in [3.8, 4) is 11.3 Å². The lowest BCUT2D eigenvalue weighted by atomic mass is 10.1. The average molecular weight is 396 g/mol. The lowest BCUT2D eigenvalue weighted by Gasteiger charge is -2.24. The minimum Gasteiger partial charge on any atom is -0.361 e. The molecule has 9 nitrogen and oxygen atoms in total. The molecule has 1 saturated heterocycles. The highest BCUT2D eigenvalue weighted by Crippen LogP contribution is 2.26. The van der Waals surface area contributed by atoms with Crippen molar-refractivity contribution in [1.82, 2.24) is 30.3 Å². The van der Waals surface area contributed by atoms with E-state index in [2.05, 4.69) is 20.5 Å². The van der Waals surface area contributed by atoms with Gasteiger partial charge in [-0.05, 0) is 46.5 Å². The quantitative estimate of drug-likeness (QED) is 0.625. The predicted octanol–water partition coefficient (Wildman–Crippen LogP) is 2.61.